The normalized spacial score (nSPS) is 18.7. The molecule has 2 heterocycles. The molecule has 3 aromatic rings. The van der Waals surface area contributed by atoms with E-state index in [2.05, 4.69) is 11.6 Å². The number of nitrogens with one attached hydrogen (secondary N) is 1. The van der Waals surface area contributed by atoms with E-state index < -0.39 is 18.2 Å². The molecule has 8 nitrogen and oxygen atoms in total. The Hall–Kier alpha value is -3.40. The Kier molecular flexibility index (Phi) is 8.44. The van der Waals surface area contributed by atoms with E-state index in [1.807, 2.05) is 41.3 Å². The third kappa shape index (κ3) is 5.87. The number of fused-ring (bicyclic) bond motifs is 1. The summed E-state index contributed by atoms with van der Waals surface area (Å²) in [4.78, 5) is 18.3. The summed E-state index contributed by atoms with van der Waals surface area (Å²) in [6.45, 7) is 4.40. The number of halogens is 1. The number of allylic oxidation sites excluding steroid dienone is 1. The number of anilines is 1. The molecule has 2 aliphatic rings. The molecule has 40 heavy (non-hydrogen) atoms. The molecule has 0 spiro atoms. The van der Waals surface area contributed by atoms with Crippen molar-refractivity contribution in [3.05, 3.63) is 80.9 Å². The van der Waals surface area contributed by atoms with E-state index in [9.17, 15) is 10.2 Å². The van der Waals surface area contributed by atoms with Gasteiger partial charge in [-0.3, -0.25) is 10.2 Å². The number of hydrogen-bond acceptors (Lipinski definition) is 7. The number of carboxylic acids is 1. The van der Waals surface area contributed by atoms with Crippen molar-refractivity contribution in [2.24, 2.45) is 5.92 Å². The first-order valence-electron chi connectivity index (χ1n) is 13.2. The monoisotopic (exact) mass is 581 g/mol. The van der Waals surface area contributed by atoms with Gasteiger partial charge in [0, 0.05) is 39.3 Å². The van der Waals surface area contributed by atoms with Crippen LogP contribution >= 0.6 is 22.9 Å². The highest BCUT2D eigenvalue weighted by Gasteiger charge is 2.40. The van der Waals surface area contributed by atoms with Gasteiger partial charge >= 0.3 is 5.97 Å². The van der Waals surface area contributed by atoms with Gasteiger partial charge in [0.25, 0.3) is 0 Å². The average Bonchev–Trinajstić information content (AvgIpc) is 3.72. The predicted octanol–water partition coefficient (Wildman–Crippen LogP) is 6.66. The van der Waals surface area contributed by atoms with Crippen LogP contribution in [-0.2, 0) is 22.4 Å². The molecule has 210 valence electrons. The van der Waals surface area contributed by atoms with Gasteiger partial charge in [-0.05, 0) is 55.9 Å². The number of thiazole rings is 1. The van der Waals surface area contributed by atoms with E-state index in [0.29, 0.717) is 47.5 Å². The molecule has 1 aromatic heterocycles. The summed E-state index contributed by atoms with van der Waals surface area (Å²) in [6, 6.07) is 11.3. The molecule has 1 aliphatic heterocycles. The average molecular weight is 582 g/mol. The van der Waals surface area contributed by atoms with E-state index >= 15 is 0 Å². The molecule has 0 saturated heterocycles. The SMILES string of the molecule is C=C(C1CC1)N1C(=N)[C@@H](CCc2ncc(CCC(=O)O)s2)O[C@H](c2cccc(OC)c2OC)c2cc(Cl)ccc21. The van der Waals surface area contributed by atoms with Gasteiger partial charge in [-0.25, -0.2) is 4.98 Å². The lowest BCUT2D eigenvalue weighted by atomic mass is 9.97. The minimum absolute atomic E-state index is 0.0706. The second-order valence-electron chi connectivity index (χ2n) is 9.93. The molecule has 10 heteroatoms. The molecule has 0 amide bonds. The van der Waals surface area contributed by atoms with Gasteiger partial charge in [-0.2, -0.15) is 0 Å². The number of aromatic nitrogens is 1. The second kappa shape index (κ2) is 12.0. The van der Waals surface area contributed by atoms with Crippen molar-refractivity contribution in [2.45, 2.75) is 50.7 Å². The Balaban J connectivity index is 1.54. The molecule has 1 fully saturated rings. The largest absolute Gasteiger partial charge is 0.493 e. The lowest BCUT2D eigenvalue weighted by Crippen LogP contribution is -2.38. The van der Waals surface area contributed by atoms with Crippen molar-refractivity contribution in [3.63, 3.8) is 0 Å². The van der Waals surface area contributed by atoms with Crippen LogP contribution in [0.3, 0.4) is 0 Å². The number of aliphatic carboxylic acids is 1. The van der Waals surface area contributed by atoms with Crippen LogP contribution in [0.4, 0.5) is 5.69 Å². The predicted molar refractivity (Wildman–Crippen MR) is 156 cm³/mol. The summed E-state index contributed by atoms with van der Waals surface area (Å²) < 4.78 is 18.2. The van der Waals surface area contributed by atoms with Gasteiger partial charge in [0.15, 0.2) is 11.5 Å². The summed E-state index contributed by atoms with van der Waals surface area (Å²) in [7, 11) is 3.20. The molecule has 0 bridgehead atoms. The zero-order chi connectivity index (χ0) is 28.4. The molecule has 2 aromatic carbocycles. The van der Waals surface area contributed by atoms with E-state index in [-0.39, 0.29) is 6.42 Å². The zero-order valence-corrected chi connectivity index (χ0v) is 24.1. The van der Waals surface area contributed by atoms with Crippen molar-refractivity contribution in [1.82, 2.24) is 4.98 Å². The molecule has 0 radical (unpaired) electrons. The first kappa shape index (κ1) is 28.1. The standard InChI is InChI=1S/C30H32ClN3O5S/c1-17(18-7-8-18)34-23-11-9-19(31)15-22(23)28(21-5-4-6-24(37-2)29(21)38-3)39-25(30(34)32)12-13-26-33-16-20(40-26)10-14-27(35)36/h4-6,9,11,15-16,18,25,28,32H,1,7-8,10,12-14H2,2-3H3,(H,35,36)/t25-,28-/m1/s1. The number of nitrogens with zero attached hydrogens (tertiary/aromatic N) is 2. The number of para-hydroxylation sites is 1. The Morgan fingerprint density at radius 2 is 2.02 bits per heavy atom. The third-order valence-electron chi connectivity index (χ3n) is 7.22. The van der Waals surface area contributed by atoms with E-state index in [1.165, 1.54) is 11.3 Å². The van der Waals surface area contributed by atoms with Crippen LogP contribution in [0, 0.1) is 11.3 Å². The fourth-order valence-corrected chi connectivity index (χ4v) is 6.17. The number of benzene rings is 2. The fourth-order valence-electron chi connectivity index (χ4n) is 5.05. The van der Waals surface area contributed by atoms with E-state index in [0.717, 1.165) is 45.2 Å². The number of amidine groups is 1. The minimum Gasteiger partial charge on any atom is -0.493 e. The highest BCUT2D eigenvalue weighted by Crippen LogP contribution is 2.48. The Labute approximate surface area is 242 Å². The number of carbonyl (C=O) groups is 1. The zero-order valence-electron chi connectivity index (χ0n) is 22.5. The molecule has 1 saturated carbocycles. The summed E-state index contributed by atoms with van der Waals surface area (Å²) in [5, 5.41) is 19.8. The van der Waals surface area contributed by atoms with Crippen LogP contribution in [0.15, 0.2) is 54.9 Å². The van der Waals surface area contributed by atoms with Crippen LogP contribution in [-0.4, -0.2) is 42.2 Å². The van der Waals surface area contributed by atoms with Crippen molar-refractivity contribution in [3.8, 4) is 11.5 Å². The van der Waals surface area contributed by atoms with Crippen molar-refractivity contribution >= 4 is 40.4 Å². The second-order valence-corrected chi connectivity index (χ2v) is 11.6. The van der Waals surface area contributed by atoms with Gasteiger partial charge in [-0.1, -0.05) is 30.3 Å². The lowest BCUT2D eigenvalue weighted by Gasteiger charge is -2.29. The van der Waals surface area contributed by atoms with Gasteiger partial charge in [-0.15, -0.1) is 11.3 Å². The first-order valence-corrected chi connectivity index (χ1v) is 14.4. The maximum atomic E-state index is 11.0. The van der Waals surface area contributed by atoms with Crippen LogP contribution in [0.25, 0.3) is 0 Å². The summed E-state index contributed by atoms with van der Waals surface area (Å²) >= 11 is 8.03. The smallest absolute Gasteiger partial charge is 0.303 e. The first-order chi connectivity index (χ1) is 19.3. The van der Waals surface area contributed by atoms with Crippen molar-refractivity contribution in [2.75, 3.05) is 19.1 Å². The highest BCUT2D eigenvalue weighted by molar-refractivity contribution is 7.11. The topological polar surface area (TPSA) is 105 Å². The van der Waals surface area contributed by atoms with Crippen molar-refractivity contribution in [1.29, 1.82) is 5.41 Å². The maximum absolute atomic E-state index is 11.0. The fraction of sp³-hybridized carbons (Fsp3) is 0.367. The molecular formula is C30H32ClN3O5S. The Bertz CT molecular complexity index is 1440. The Morgan fingerprint density at radius 1 is 1.23 bits per heavy atom. The molecular weight excluding hydrogens is 550 g/mol. The van der Waals surface area contributed by atoms with Crippen LogP contribution in [0.2, 0.25) is 5.02 Å². The van der Waals surface area contributed by atoms with Gasteiger partial charge in [0.05, 0.1) is 31.3 Å². The molecule has 2 N–H and O–H groups in total. The third-order valence-corrected chi connectivity index (χ3v) is 8.57. The quantitative estimate of drug-likeness (QED) is 0.261. The molecule has 1 aliphatic carbocycles. The number of ether oxygens (including phenoxy) is 3. The number of methoxy groups -OCH3 is 2. The lowest BCUT2D eigenvalue weighted by molar-refractivity contribution is -0.136. The number of carboxylic acid groups (broad SMARTS) is 1. The van der Waals surface area contributed by atoms with Crippen LogP contribution < -0.4 is 14.4 Å². The van der Waals surface area contributed by atoms with Crippen LogP contribution in [0.5, 0.6) is 11.5 Å². The minimum atomic E-state index is -0.829. The van der Waals surface area contributed by atoms with E-state index in [4.69, 9.17) is 30.9 Å². The number of aryl methyl sites for hydroxylation is 2. The van der Waals surface area contributed by atoms with E-state index in [1.54, 1.807) is 20.4 Å². The van der Waals surface area contributed by atoms with Crippen LogP contribution in [0.1, 0.15) is 52.8 Å². The van der Waals surface area contributed by atoms with Gasteiger partial charge < -0.3 is 24.2 Å². The maximum Gasteiger partial charge on any atom is 0.303 e. The summed E-state index contributed by atoms with van der Waals surface area (Å²) in [6.07, 6.45) is 4.25. The summed E-state index contributed by atoms with van der Waals surface area (Å²) in [5.74, 6) is 0.947. The number of hydrogen-bond donors (Lipinski definition) is 2. The van der Waals surface area contributed by atoms with Gasteiger partial charge in [0.2, 0.25) is 0 Å². The molecule has 0 unspecified atom stereocenters. The summed E-state index contributed by atoms with van der Waals surface area (Å²) in [5.41, 5.74) is 3.28. The Morgan fingerprint density at radius 3 is 2.73 bits per heavy atom. The van der Waals surface area contributed by atoms with Crippen molar-refractivity contribution < 1.29 is 24.1 Å². The molecule has 2 atom stereocenters. The highest BCUT2D eigenvalue weighted by atomic mass is 35.5. The molecule has 5 rings (SSSR count). The number of rotatable bonds is 11. The van der Waals surface area contributed by atoms with Gasteiger partial charge in [0.1, 0.15) is 18.0 Å².